The second kappa shape index (κ2) is 7.57. The molecule has 0 aliphatic rings. The minimum atomic E-state index is -0.528. The molecule has 0 amide bonds. The monoisotopic (exact) mass is 346 g/mol. The van der Waals surface area contributed by atoms with Crippen molar-refractivity contribution in [2.75, 3.05) is 10.9 Å². The molecule has 0 bridgehead atoms. The summed E-state index contributed by atoms with van der Waals surface area (Å²) in [6.45, 7) is 3.84. The fourth-order valence-corrected chi connectivity index (χ4v) is 2.37. The third-order valence-corrected chi connectivity index (χ3v) is 3.95. The quantitative estimate of drug-likeness (QED) is 0.705. The topological polar surface area (TPSA) is 82.9 Å². The minimum absolute atomic E-state index is 0.123. The lowest BCUT2D eigenvalue weighted by Gasteiger charge is -2.03. The van der Waals surface area contributed by atoms with Crippen molar-refractivity contribution in [2.45, 2.75) is 13.8 Å². The molecule has 0 aromatic heterocycles. The standard InChI is InChI=1S/C20H18N4O2/c1-13-7-3-5-9-15(13)21-23-17-11-12-18(25)19(20(17)26)24-22-16-10-6-4-8-14(16)2/h3-12,21-22H,1-2H3/b23-17+,24-19-. The van der Waals surface area contributed by atoms with E-state index in [4.69, 9.17) is 0 Å². The summed E-state index contributed by atoms with van der Waals surface area (Å²) < 4.78 is 0. The van der Waals surface area contributed by atoms with Crippen LogP contribution in [0.1, 0.15) is 11.1 Å². The normalized spacial score (nSPS) is 12.2. The molecule has 26 heavy (non-hydrogen) atoms. The second-order valence-electron chi connectivity index (χ2n) is 5.84. The molecule has 0 aliphatic carbocycles. The summed E-state index contributed by atoms with van der Waals surface area (Å²) in [5.41, 5.74) is 8.13. The summed E-state index contributed by atoms with van der Waals surface area (Å²) in [6.07, 6.45) is 0. The van der Waals surface area contributed by atoms with Gasteiger partial charge >= 0.3 is 0 Å². The maximum absolute atomic E-state index is 12.5. The maximum Gasteiger partial charge on any atom is 0.237 e. The number of hydrogen-bond acceptors (Lipinski definition) is 6. The Morgan fingerprint density at radius 1 is 0.692 bits per heavy atom. The van der Waals surface area contributed by atoms with Crippen molar-refractivity contribution in [3.05, 3.63) is 103 Å². The molecule has 0 saturated carbocycles. The SMILES string of the molecule is Cc1ccccc1N/N=c1/c(=O)cc/c(=N\Nc2ccccc2C)c1=O. The van der Waals surface area contributed by atoms with Crippen molar-refractivity contribution in [3.8, 4) is 0 Å². The zero-order chi connectivity index (χ0) is 18.5. The van der Waals surface area contributed by atoms with E-state index in [9.17, 15) is 9.59 Å². The van der Waals surface area contributed by atoms with Crippen LogP contribution in [0.15, 0.2) is 80.5 Å². The van der Waals surface area contributed by atoms with Crippen LogP contribution in [-0.2, 0) is 0 Å². The van der Waals surface area contributed by atoms with Crippen LogP contribution >= 0.6 is 0 Å². The van der Waals surface area contributed by atoms with Crippen molar-refractivity contribution in [2.24, 2.45) is 10.2 Å². The number of nitrogens with one attached hydrogen (secondary N) is 2. The van der Waals surface area contributed by atoms with E-state index < -0.39 is 10.9 Å². The van der Waals surface area contributed by atoms with E-state index in [2.05, 4.69) is 21.1 Å². The van der Waals surface area contributed by atoms with Crippen LogP contribution in [0.2, 0.25) is 0 Å². The lowest BCUT2D eigenvalue weighted by Crippen LogP contribution is -2.48. The Balaban J connectivity index is 1.99. The minimum Gasteiger partial charge on any atom is -0.287 e. The van der Waals surface area contributed by atoms with Gasteiger partial charge < -0.3 is 0 Å². The van der Waals surface area contributed by atoms with Crippen molar-refractivity contribution < 1.29 is 0 Å². The molecule has 130 valence electrons. The van der Waals surface area contributed by atoms with Crippen LogP contribution in [0.25, 0.3) is 0 Å². The number of nitrogens with zero attached hydrogens (tertiary/aromatic N) is 2. The predicted octanol–water partition coefficient (Wildman–Crippen LogP) is 1.76. The zero-order valence-corrected chi connectivity index (χ0v) is 14.5. The first kappa shape index (κ1) is 17.3. The van der Waals surface area contributed by atoms with Crippen molar-refractivity contribution >= 4 is 11.4 Å². The van der Waals surface area contributed by atoms with Gasteiger partial charge in [-0.25, -0.2) is 0 Å². The first-order valence-electron chi connectivity index (χ1n) is 8.12. The predicted molar refractivity (Wildman–Crippen MR) is 102 cm³/mol. The number of anilines is 2. The highest BCUT2D eigenvalue weighted by atomic mass is 16.1. The largest absolute Gasteiger partial charge is 0.287 e. The zero-order valence-electron chi connectivity index (χ0n) is 14.5. The molecule has 3 aromatic carbocycles. The molecule has 2 N–H and O–H groups in total. The molecule has 0 heterocycles. The maximum atomic E-state index is 12.5. The molecule has 0 saturated heterocycles. The van der Waals surface area contributed by atoms with Crippen molar-refractivity contribution in [3.63, 3.8) is 0 Å². The van der Waals surface area contributed by atoms with Crippen molar-refractivity contribution in [1.82, 2.24) is 0 Å². The van der Waals surface area contributed by atoms with Gasteiger partial charge in [0.15, 0.2) is 5.36 Å². The summed E-state index contributed by atoms with van der Waals surface area (Å²) in [7, 11) is 0. The summed E-state index contributed by atoms with van der Waals surface area (Å²) >= 11 is 0. The Labute approximate surface area is 149 Å². The van der Waals surface area contributed by atoms with Gasteiger partial charge in [-0.3, -0.25) is 20.4 Å². The highest BCUT2D eigenvalue weighted by Crippen LogP contribution is 2.12. The number of para-hydroxylation sites is 2. The highest BCUT2D eigenvalue weighted by molar-refractivity contribution is 5.50. The first-order valence-corrected chi connectivity index (χ1v) is 8.12. The third kappa shape index (κ3) is 3.75. The van der Waals surface area contributed by atoms with E-state index in [0.29, 0.717) is 0 Å². The lowest BCUT2D eigenvalue weighted by molar-refractivity contribution is 1.10. The van der Waals surface area contributed by atoms with Crippen molar-refractivity contribution in [1.29, 1.82) is 0 Å². The third-order valence-electron chi connectivity index (χ3n) is 3.95. The van der Waals surface area contributed by atoms with Crippen LogP contribution in [0, 0.1) is 13.8 Å². The summed E-state index contributed by atoms with van der Waals surface area (Å²) in [6, 6.07) is 17.7. The van der Waals surface area contributed by atoms with E-state index >= 15 is 0 Å². The molecule has 3 rings (SSSR count). The molecule has 0 radical (unpaired) electrons. The van der Waals surface area contributed by atoms with Gasteiger partial charge in [0, 0.05) is 0 Å². The van der Waals surface area contributed by atoms with Crippen LogP contribution in [0.5, 0.6) is 0 Å². The Kier molecular flexibility index (Phi) is 5.03. The molecule has 0 spiro atoms. The van der Waals surface area contributed by atoms with Gasteiger partial charge in [0.25, 0.3) is 0 Å². The molecule has 6 nitrogen and oxygen atoms in total. The number of hydrogen-bond donors (Lipinski definition) is 2. The van der Waals surface area contributed by atoms with E-state index in [-0.39, 0.29) is 10.7 Å². The van der Waals surface area contributed by atoms with Crippen LogP contribution in [0.4, 0.5) is 11.4 Å². The van der Waals surface area contributed by atoms with Gasteiger partial charge in [0.1, 0.15) is 5.36 Å². The van der Waals surface area contributed by atoms with Gasteiger partial charge in [-0.15, -0.1) is 0 Å². The average molecular weight is 346 g/mol. The molecule has 6 heteroatoms. The van der Waals surface area contributed by atoms with Crippen LogP contribution in [0.3, 0.4) is 0 Å². The molecule has 3 aromatic rings. The number of rotatable bonds is 4. The second-order valence-corrected chi connectivity index (χ2v) is 5.84. The Hall–Kier alpha value is -3.54. The van der Waals surface area contributed by atoms with Gasteiger partial charge in [-0.2, -0.15) is 10.2 Å². The van der Waals surface area contributed by atoms with E-state index in [1.54, 1.807) is 0 Å². The Bertz CT molecular complexity index is 1160. The van der Waals surface area contributed by atoms with E-state index in [1.807, 2.05) is 62.4 Å². The highest BCUT2D eigenvalue weighted by Gasteiger charge is 2.02. The average Bonchev–Trinajstić information content (AvgIpc) is 2.63. The molecule has 0 atom stereocenters. The Morgan fingerprint density at radius 2 is 1.23 bits per heavy atom. The van der Waals surface area contributed by atoms with Crippen LogP contribution < -0.4 is 32.4 Å². The van der Waals surface area contributed by atoms with E-state index in [1.165, 1.54) is 12.1 Å². The molecule has 0 fully saturated rings. The fraction of sp³-hybridized carbons (Fsp3) is 0.100. The van der Waals surface area contributed by atoms with Gasteiger partial charge in [0.05, 0.1) is 11.4 Å². The summed E-state index contributed by atoms with van der Waals surface area (Å²) in [5.74, 6) is 0. The Morgan fingerprint density at radius 3 is 1.81 bits per heavy atom. The number of benzene rings is 3. The summed E-state index contributed by atoms with van der Waals surface area (Å²) in [4.78, 5) is 24.6. The molecular weight excluding hydrogens is 328 g/mol. The number of aryl methyl sites for hydroxylation is 2. The van der Waals surface area contributed by atoms with Gasteiger partial charge in [0.2, 0.25) is 10.9 Å². The van der Waals surface area contributed by atoms with Gasteiger partial charge in [-0.05, 0) is 49.2 Å². The van der Waals surface area contributed by atoms with Gasteiger partial charge in [-0.1, -0.05) is 36.4 Å². The lowest BCUT2D eigenvalue weighted by atomic mass is 10.2. The summed E-state index contributed by atoms with van der Waals surface area (Å²) in [5, 5.41) is 8.06. The smallest absolute Gasteiger partial charge is 0.237 e. The molecular formula is C20H18N4O2. The molecule has 0 aliphatic heterocycles. The first-order chi connectivity index (χ1) is 12.6. The molecule has 0 unspecified atom stereocenters. The van der Waals surface area contributed by atoms with E-state index in [0.717, 1.165) is 22.5 Å². The van der Waals surface area contributed by atoms with Crippen LogP contribution in [-0.4, -0.2) is 0 Å². The fourth-order valence-electron chi connectivity index (χ4n) is 2.37.